The fraction of sp³-hybridized carbons (Fsp3) is 0.470. The third-order valence-corrected chi connectivity index (χ3v) is 19.9. The van der Waals surface area contributed by atoms with Gasteiger partial charge in [-0.1, -0.05) is 74.5 Å². The molecule has 3 aromatic carbocycles. The maximum atomic E-state index is 15.0. The van der Waals surface area contributed by atoms with Crippen LogP contribution in [-0.2, 0) is 134 Å². The van der Waals surface area contributed by atoms with Crippen LogP contribution in [0.3, 0.4) is 0 Å². The molecule has 0 unspecified atom stereocenters. The van der Waals surface area contributed by atoms with E-state index in [1.54, 1.807) is 44.2 Å². The number of aromatic hydroxyl groups is 1. The highest BCUT2D eigenvalue weighted by molar-refractivity contribution is 6.02. The minimum atomic E-state index is -2.29. The first-order chi connectivity index (χ1) is 63.0. The van der Waals surface area contributed by atoms with E-state index in [-0.39, 0.29) is 30.1 Å². The van der Waals surface area contributed by atoms with Crippen molar-refractivity contribution in [2.24, 2.45) is 17.4 Å². The summed E-state index contributed by atoms with van der Waals surface area (Å²) in [5.74, 6) is -34.1. The van der Waals surface area contributed by atoms with E-state index in [1.807, 2.05) is 10.6 Å². The summed E-state index contributed by atoms with van der Waals surface area (Å²) >= 11 is 0. The molecule has 0 saturated carbocycles. The number of hydrogen-bond acceptors (Lipinski definition) is 26. The number of benzene rings is 3. The second-order valence-electron chi connectivity index (χ2n) is 31.2. The van der Waals surface area contributed by atoms with Gasteiger partial charge in [0, 0.05) is 81.3 Å². The molecular weight excluding hydrogens is 1780 g/mol. The van der Waals surface area contributed by atoms with Crippen LogP contribution in [0.4, 0.5) is 0 Å². The molecule has 0 aliphatic carbocycles. The smallest absolute Gasteiger partial charge is 0.326 e. The summed E-state index contributed by atoms with van der Waals surface area (Å²) in [4.78, 5) is 319. The van der Waals surface area contributed by atoms with Crippen molar-refractivity contribution in [3.05, 3.63) is 102 Å². The number of carbonyl (C=O) groups excluding carboxylic acids is 15. The van der Waals surface area contributed by atoms with E-state index in [9.17, 15) is 161 Å². The van der Waals surface area contributed by atoms with Crippen LogP contribution in [0.5, 0.6) is 5.75 Å². The van der Waals surface area contributed by atoms with Crippen molar-refractivity contribution in [3.63, 3.8) is 0 Å². The van der Waals surface area contributed by atoms with Crippen molar-refractivity contribution in [1.29, 1.82) is 0 Å². The number of amides is 15. The summed E-state index contributed by atoms with van der Waals surface area (Å²) in [5.41, 5.74) is 12.4. The molecule has 0 saturated heterocycles. The molecule has 4 aromatic rings. The molecule has 29 N–H and O–H groups in total. The molecule has 14 atom stereocenters. The molecule has 0 aliphatic heterocycles. The van der Waals surface area contributed by atoms with E-state index in [1.165, 1.54) is 54.7 Å². The number of primary amides is 1. The van der Waals surface area contributed by atoms with E-state index >= 15 is 0 Å². The van der Waals surface area contributed by atoms with Gasteiger partial charge in [-0.05, 0) is 99.1 Å². The molecule has 730 valence electrons. The molecule has 1 aromatic heterocycles. The lowest BCUT2D eigenvalue weighted by Gasteiger charge is -2.28. The number of aliphatic carboxylic acids is 9. The molecule has 0 aliphatic rings. The lowest BCUT2D eigenvalue weighted by Crippen LogP contribution is -2.61. The highest BCUT2D eigenvalue weighted by Crippen LogP contribution is 2.22. The Balaban J connectivity index is 1.61. The largest absolute Gasteiger partial charge is 0.508 e. The Morgan fingerprint density at radius 1 is 0.321 bits per heavy atom. The number of aromatic amines is 1. The van der Waals surface area contributed by atoms with Gasteiger partial charge in [0.05, 0.1) is 25.4 Å². The highest BCUT2D eigenvalue weighted by Gasteiger charge is 2.40. The maximum Gasteiger partial charge on any atom is 0.326 e. The van der Waals surface area contributed by atoms with Gasteiger partial charge in [0.25, 0.3) is 0 Å². The zero-order chi connectivity index (χ0) is 100. The van der Waals surface area contributed by atoms with Crippen molar-refractivity contribution in [2.45, 2.75) is 234 Å². The molecule has 134 heavy (non-hydrogen) atoms. The number of nitrogens with two attached hydrogens (primary N) is 2. The van der Waals surface area contributed by atoms with Crippen LogP contribution in [0.1, 0.15) is 147 Å². The third-order valence-electron chi connectivity index (χ3n) is 19.9. The molecule has 0 bridgehead atoms. The molecule has 15 amide bonds. The van der Waals surface area contributed by atoms with Gasteiger partial charge in [-0.3, -0.25) is 110 Å². The number of carbonyl (C=O) groups is 24. The molecule has 0 radical (unpaired) electrons. The Kier molecular flexibility index (Phi) is 45.6. The van der Waals surface area contributed by atoms with Crippen molar-refractivity contribution >= 4 is 153 Å². The Morgan fingerprint density at radius 3 is 1.08 bits per heavy atom. The number of hydrogen-bond donors (Lipinski definition) is 27. The van der Waals surface area contributed by atoms with Gasteiger partial charge in [0.15, 0.2) is 0 Å². The number of phenols is 1. The normalized spacial score (nSPS) is 14.1. The minimum Gasteiger partial charge on any atom is -0.508 e. The van der Waals surface area contributed by atoms with Crippen LogP contribution in [0.25, 0.3) is 10.9 Å². The minimum absolute atomic E-state index is 0.141. The molecular formula is C83H109N17O34. The van der Waals surface area contributed by atoms with Crippen LogP contribution in [0.2, 0.25) is 0 Å². The molecule has 0 fully saturated rings. The van der Waals surface area contributed by atoms with Crippen LogP contribution < -0.4 is 85.9 Å². The number of carboxylic acids is 9. The average Bonchev–Trinajstić information content (AvgIpc) is 1.70. The summed E-state index contributed by atoms with van der Waals surface area (Å²) in [6.45, 7) is 3.03. The number of fused-ring (bicyclic) bond motifs is 1. The number of phenolic OH excluding ortho intramolecular Hbond substituents is 1. The second kappa shape index (κ2) is 55.3. The van der Waals surface area contributed by atoms with Gasteiger partial charge in [-0.25, -0.2) is 4.79 Å². The van der Waals surface area contributed by atoms with Gasteiger partial charge >= 0.3 is 53.7 Å². The lowest BCUT2D eigenvalue weighted by molar-refractivity contribution is -0.144. The quantitative estimate of drug-likeness (QED) is 0.0196. The van der Waals surface area contributed by atoms with Crippen molar-refractivity contribution in [1.82, 2.24) is 79.4 Å². The summed E-state index contributed by atoms with van der Waals surface area (Å²) in [5, 5.41) is 129. The Morgan fingerprint density at radius 2 is 0.649 bits per heavy atom. The third kappa shape index (κ3) is 40.9. The molecule has 0 spiro atoms. The van der Waals surface area contributed by atoms with E-state index in [2.05, 4.69) is 68.8 Å². The standard InChI is InChI=1S/C83H109N17O34/c1-39(2)31-54(77(127)95-53(83(133)134)23-30-67(114)115)96-80(130)57(34-43-37-86-47-12-8-7-11-45(43)47)99-75(125)52(22-29-66(112)113)94-78(128)55(32-41-9-5-4-6-10-41)97-79(129)56(33-42-13-15-44(101)16-14-42)98-81(131)58(35-68(116)117)89-61(103)38-87-72(122)48(19-26-63(106)107)90-70(120)40(3)88-73(123)50(20-27-64(108)109)93-82(132)59(36-69(118)119)100-76(126)51(21-28-65(110)111)92-74(124)49(18-24-60(85)102)91-71(121)46(84)17-25-62(104)105/h4-16,37,39-40,46,48-59,86,101H,17-36,38,84H2,1-3H3,(H2,85,102)(H,87,122)(H,88,123)(H,89,103)(H,90,120)(H,91,121)(H,92,124)(H,93,132)(H,94,128)(H,95,127)(H,96,130)(H,97,129)(H,98,131)(H,99,125)(H,100,126)(H,104,105)(H,106,107)(H,108,109)(H,110,111)(H,112,113)(H,114,115)(H,116,117)(H,118,119)(H,133,134)/t40-,46-,48-,49-,50-,51-,52-,53-,54-,55-,56-,57-,58-,59-/m0/s1. The lowest BCUT2D eigenvalue weighted by atomic mass is 9.99. The van der Waals surface area contributed by atoms with E-state index in [0.717, 1.165) is 6.92 Å². The number of para-hydroxylation sites is 1. The van der Waals surface area contributed by atoms with Gasteiger partial charge < -0.3 is 142 Å². The number of nitrogens with one attached hydrogen (secondary N) is 15. The zero-order valence-corrected chi connectivity index (χ0v) is 72.5. The van der Waals surface area contributed by atoms with Crippen LogP contribution in [0, 0.1) is 5.92 Å². The van der Waals surface area contributed by atoms with Gasteiger partial charge in [0.1, 0.15) is 84.3 Å². The molecule has 51 nitrogen and oxygen atoms in total. The first kappa shape index (κ1) is 111. The van der Waals surface area contributed by atoms with Gasteiger partial charge in [0.2, 0.25) is 88.6 Å². The van der Waals surface area contributed by atoms with Crippen molar-refractivity contribution < 1.29 is 166 Å². The molecule has 4 rings (SSSR count). The zero-order valence-electron chi connectivity index (χ0n) is 72.5. The highest BCUT2D eigenvalue weighted by atomic mass is 16.4. The fourth-order valence-electron chi connectivity index (χ4n) is 12.9. The van der Waals surface area contributed by atoms with Crippen LogP contribution in [-0.4, -0.2) is 290 Å². The van der Waals surface area contributed by atoms with E-state index in [4.69, 9.17) is 16.6 Å². The molecule has 1 heterocycles. The van der Waals surface area contributed by atoms with Crippen LogP contribution >= 0.6 is 0 Å². The Hall–Kier alpha value is -15.8. The maximum absolute atomic E-state index is 15.0. The summed E-state index contributed by atoms with van der Waals surface area (Å²) in [6.07, 6.45) is -13.0. The average molecular weight is 1890 g/mol. The van der Waals surface area contributed by atoms with Gasteiger partial charge in [-0.15, -0.1) is 0 Å². The van der Waals surface area contributed by atoms with E-state index < -0.39 is 349 Å². The summed E-state index contributed by atoms with van der Waals surface area (Å²) < 4.78 is 0. The number of aromatic nitrogens is 1. The fourth-order valence-corrected chi connectivity index (χ4v) is 12.9. The van der Waals surface area contributed by atoms with Crippen LogP contribution in [0.15, 0.2) is 85.1 Å². The van der Waals surface area contributed by atoms with Gasteiger partial charge in [-0.2, -0.15) is 0 Å². The molecule has 51 heteroatoms. The predicted octanol–water partition coefficient (Wildman–Crippen LogP) is -5.80. The predicted molar refractivity (Wildman–Crippen MR) is 457 cm³/mol. The topological polar surface area (TPSA) is 848 Å². The second-order valence-corrected chi connectivity index (χ2v) is 31.2. The van der Waals surface area contributed by atoms with Crippen molar-refractivity contribution in [2.75, 3.05) is 6.54 Å². The van der Waals surface area contributed by atoms with Crippen molar-refractivity contribution in [3.8, 4) is 5.75 Å². The monoisotopic (exact) mass is 1890 g/mol. The van der Waals surface area contributed by atoms with E-state index in [0.29, 0.717) is 22.0 Å². The number of H-pyrrole nitrogens is 1. The summed E-state index contributed by atoms with van der Waals surface area (Å²) in [7, 11) is 0. The summed E-state index contributed by atoms with van der Waals surface area (Å²) in [6, 6.07) is -7.08. The first-order valence-corrected chi connectivity index (χ1v) is 41.6. The first-order valence-electron chi connectivity index (χ1n) is 41.6. The number of rotatable bonds is 62. The SMILES string of the molecule is CC(C)C[C@H](NC(=O)[C@H](Cc1c[nH]c2ccccc12)NC(=O)[C@H](CCC(=O)O)NC(=O)[C@H](Cc1ccccc1)NC(=O)[C@H](Cc1ccc(O)cc1)NC(=O)[C@H](CC(=O)O)NC(=O)CNC(=O)[C@H](CCC(=O)O)NC(=O)[C@H](C)NC(=O)[C@H](CCC(=O)O)NC(=O)[C@H](CC(=O)O)NC(=O)[C@H](CCC(=O)O)NC(=O)[C@H](CCC(N)=O)NC(=O)[C@@H](N)CCC(=O)O)C(=O)N[C@@H](CCC(=O)O)C(=O)O. The Labute approximate surface area is 761 Å². The Bertz CT molecular complexity index is 4930. The number of carboxylic acid groups (broad SMARTS) is 9.